The molecule has 1 unspecified atom stereocenters. The molecule has 0 amide bonds. The zero-order chi connectivity index (χ0) is 12.4. The van der Waals surface area contributed by atoms with Crippen LogP contribution in [0.3, 0.4) is 0 Å². The van der Waals surface area contributed by atoms with E-state index >= 15 is 0 Å². The highest BCUT2D eigenvalue weighted by atomic mass is 19.1. The Morgan fingerprint density at radius 2 is 2.24 bits per heavy atom. The molecule has 1 aromatic heterocycles. The number of aryl methyl sites for hydroxylation is 2. The number of halogens is 1. The van der Waals surface area contributed by atoms with Gasteiger partial charge in [-0.25, -0.2) is 4.39 Å². The van der Waals surface area contributed by atoms with E-state index in [1.807, 2.05) is 20.2 Å². The predicted molar refractivity (Wildman–Crippen MR) is 63.0 cm³/mol. The summed E-state index contributed by atoms with van der Waals surface area (Å²) in [6, 6.07) is 4.75. The summed E-state index contributed by atoms with van der Waals surface area (Å²) in [5, 5.41) is 14.0. The van der Waals surface area contributed by atoms with Crippen LogP contribution in [0.5, 0.6) is 0 Å². The molecule has 1 atom stereocenters. The second kappa shape index (κ2) is 4.67. The van der Waals surface area contributed by atoms with Gasteiger partial charge in [-0.15, -0.1) is 0 Å². The molecule has 3 nitrogen and oxygen atoms in total. The average molecular weight is 234 g/mol. The van der Waals surface area contributed by atoms with Crippen LogP contribution < -0.4 is 0 Å². The lowest BCUT2D eigenvalue weighted by atomic mass is 10.0. The molecule has 0 aliphatic heterocycles. The van der Waals surface area contributed by atoms with Crippen molar-refractivity contribution < 1.29 is 9.50 Å². The Bertz CT molecular complexity index is 522. The third kappa shape index (κ3) is 2.71. The van der Waals surface area contributed by atoms with Gasteiger partial charge in [0.2, 0.25) is 0 Å². The minimum atomic E-state index is -0.834. The first-order valence-electron chi connectivity index (χ1n) is 5.48. The van der Waals surface area contributed by atoms with Gasteiger partial charge in [-0.1, -0.05) is 17.7 Å². The summed E-state index contributed by atoms with van der Waals surface area (Å²) < 4.78 is 15.2. The molecule has 90 valence electrons. The molecule has 0 saturated heterocycles. The summed E-state index contributed by atoms with van der Waals surface area (Å²) in [4.78, 5) is 0. The summed E-state index contributed by atoms with van der Waals surface area (Å²) in [5.74, 6) is -0.369. The average Bonchev–Trinajstić information content (AvgIpc) is 2.67. The summed E-state index contributed by atoms with van der Waals surface area (Å²) in [6.45, 7) is 1.87. The van der Waals surface area contributed by atoms with E-state index in [1.54, 1.807) is 23.0 Å². The van der Waals surface area contributed by atoms with Crippen LogP contribution in [-0.2, 0) is 13.5 Å². The van der Waals surface area contributed by atoms with Gasteiger partial charge < -0.3 is 5.11 Å². The fraction of sp³-hybridized carbons (Fsp3) is 0.308. The van der Waals surface area contributed by atoms with Crippen molar-refractivity contribution in [3.05, 3.63) is 53.1 Å². The van der Waals surface area contributed by atoms with Crippen LogP contribution in [0.1, 0.15) is 22.8 Å². The molecule has 2 rings (SSSR count). The van der Waals surface area contributed by atoms with Gasteiger partial charge in [0.1, 0.15) is 5.82 Å². The number of nitrogens with zero attached hydrogens (tertiary/aromatic N) is 2. The number of benzene rings is 1. The lowest BCUT2D eigenvalue weighted by molar-refractivity contribution is 0.173. The van der Waals surface area contributed by atoms with E-state index in [2.05, 4.69) is 5.10 Å². The quantitative estimate of drug-likeness (QED) is 0.883. The van der Waals surface area contributed by atoms with E-state index in [4.69, 9.17) is 0 Å². The highest BCUT2D eigenvalue weighted by Gasteiger charge is 2.14. The zero-order valence-electron chi connectivity index (χ0n) is 9.89. The van der Waals surface area contributed by atoms with Crippen LogP contribution in [0.25, 0.3) is 0 Å². The fourth-order valence-corrected chi connectivity index (χ4v) is 1.83. The van der Waals surface area contributed by atoms with Crippen molar-refractivity contribution in [3.8, 4) is 0 Å². The molecule has 0 aliphatic rings. The number of hydrogen-bond acceptors (Lipinski definition) is 2. The van der Waals surface area contributed by atoms with Crippen molar-refractivity contribution in [1.82, 2.24) is 9.78 Å². The maximum Gasteiger partial charge on any atom is 0.129 e. The Morgan fingerprint density at radius 3 is 2.88 bits per heavy atom. The summed E-state index contributed by atoms with van der Waals surface area (Å²) in [7, 11) is 1.81. The Balaban J connectivity index is 2.19. The number of aliphatic hydroxyl groups is 1. The Morgan fingerprint density at radius 1 is 1.47 bits per heavy atom. The first kappa shape index (κ1) is 11.8. The molecule has 1 aromatic carbocycles. The number of aliphatic hydroxyl groups excluding tert-OH is 1. The van der Waals surface area contributed by atoms with E-state index in [0.717, 1.165) is 11.1 Å². The third-order valence-corrected chi connectivity index (χ3v) is 2.70. The van der Waals surface area contributed by atoms with Gasteiger partial charge in [-0.05, 0) is 18.6 Å². The minimum Gasteiger partial charge on any atom is -0.388 e. The molecule has 2 aromatic rings. The fourth-order valence-electron chi connectivity index (χ4n) is 1.83. The van der Waals surface area contributed by atoms with Crippen molar-refractivity contribution in [2.45, 2.75) is 19.4 Å². The van der Waals surface area contributed by atoms with Crippen LogP contribution in [0, 0.1) is 12.7 Å². The van der Waals surface area contributed by atoms with Crippen molar-refractivity contribution in [2.75, 3.05) is 0 Å². The molecule has 1 N–H and O–H groups in total. The van der Waals surface area contributed by atoms with Crippen molar-refractivity contribution in [1.29, 1.82) is 0 Å². The molecular weight excluding hydrogens is 219 g/mol. The maximum absolute atomic E-state index is 13.5. The topological polar surface area (TPSA) is 38.1 Å². The van der Waals surface area contributed by atoms with Crippen molar-refractivity contribution in [2.24, 2.45) is 7.05 Å². The van der Waals surface area contributed by atoms with Crippen LogP contribution in [-0.4, -0.2) is 14.9 Å². The van der Waals surface area contributed by atoms with E-state index < -0.39 is 6.10 Å². The number of rotatable bonds is 3. The zero-order valence-corrected chi connectivity index (χ0v) is 9.89. The highest BCUT2D eigenvalue weighted by molar-refractivity contribution is 5.27. The van der Waals surface area contributed by atoms with E-state index in [0.29, 0.717) is 12.0 Å². The van der Waals surface area contributed by atoms with Gasteiger partial charge in [0.25, 0.3) is 0 Å². The van der Waals surface area contributed by atoms with Crippen LogP contribution >= 0.6 is 0 Å². The van der Waals surface area contributed by atoms with Crippen LogP contribution in [0.2, 0.25) is 0 Å². The second-order valence-corrected chi connectivity index (χ2v) is 4.27. The lowest BCUT2D eigenvalue weighted by Crippen LogP contribution is -2.04. The standard InChI is InChI=1S/C13H15FN2O/c1-9-3-4-12(14)11(5-9)13(17)6-10-7-15-16(2)8-10/h3-5,7-8,13,17H,6H2,1-2H3. The molecule has 0 bridgehead atoms. The van der Waals surface area contributed by atoms with E-state index in [-0.39, 0.29) is 5.82 Å². The van der Waals surface area contributed by atoms with Crippen LogP contribution in [0.4, 0.5) is 4.39 Å². The number of hydrogen-bond donors (Lipinski definition) is 1. The monoisotopic (exact) mass is 234 g/mol. The van der Waals surface area contributed by atoms with Crippen molar-refractivity contribution in [3.63, 3.8) is 0 Å². The van der Waals surface area contributed by atoms with E-state index in [9.17, 15) is 9.50 Å². The first-order chi connectivity index (χ1) is 8.06. The summed E-state index contributed by atoms with van der Waals surface area (Å²) >= 11 is 0. The molecule has 0 radical (unpaired) electrons. The maximum atomic E-state index is 13.5. The summed E-state index contributed by atoms with van der Waals surface area (Å²) in [5.41, 5.74) is 2.17. The summed E-state index contributed by atoms with van der Waals surface area (Å²) in [6.07, 6.45) is 3.03. The first-order valence-corrected chi connectivity index (χ1v) is 5.48. The second-order valence-electron chi connectivity index (χ2n) is 4.27. The van der Waals surface area contributed by atoms with E-state index in [1.165, 1.54) is 6.07 Å². The van der Waals surface area contributed by atoms with Gasteiger partial charge in [-0.3, -0.25) is 4.68 Å². The minimum absolute atomic E-state index is 0.342. The van der Waals surface area contributed by atoms with Gasteiger partial charge in [0, 0.05) is 25.2 Å². The molecule has 17 heavy (non-hydrogen) atoms. The SMILES string of the molecule is Cc1ccc(F)c(C(O)Cc2cnn(C)c2)c1. The molecule has 0 spiro atoms. The van der Waals surface area contributed by atoms with Gasteiger partial charge in [-0.2, -0.15) is 5.10 Å². The molecule has 0 aliphatic carbocycles. The molecule has 4 heteroatoms. The van der Waals surface area contributed by atoms with Gasteiger partial charge in [0.05, 0.1) is 12.3 Å². The molecule has 1 heterocycles. The Hall–Kier alpha value is -1.68. The van der Waals surface area contributed by atoms with Gasteiger partial charge >= 0.3 is 0 Å². The molecule has 0 saturated carbocycles. The molecule has 0 fully saturated rings. The highest BCUT2D eigenvalue weighted by Crippen LogP contribution is 2.22. The lowest BCUT2D eigenvalue weighted by Gasteiger charge is -2.11. The normalized spacial score (nSPS) is 12.7. The largest absolute Gasteiger partial charge is 0.388 e. The van der Waals surface area contributed by atoms with Gasteiger partial charge in [0.15, 0.2) is 0 Å². The van der Waals surface area contributed by atoms with Crippen LogP contribution in [0.15, 0.2) is 30.6 Å². The predicted octanol–water partition coefficient (Wildman–Crippen LogP) is 2.14. The number of aromatic nitrogens is 2. The Kier molecular flexibility index (Phi) is 3.24. The smallest absolute Gasteiger partial charge is 0.129 e. The van der Waals surface area contributed by atoms with Crippen molar-refractivity contribution >= 4 is 0 Å². The molecular formula is C13H15FN2O. The third-order valence-electron chi connectivity index (χ3n) is 2.70. The Labute approximate surface area is 99.5 Å².